The molecule has 0 aromatic carbocycles. The Labute approximate surface area is 118 Å². The molecule has 20 heavy (non-hydrogen) atoms. The van der Waals surface area contributed by atoms with Crippen LogP contribution in [0, 0.1) is 5.41 Å². The molecule has 2 N–H and O–H groups in total. The first-order valence-electron chi connectivity index (χ1n) is 7.37. The van der Waals surface area contributed by atoms with Crippen molar-refractivity contribution < 1.29 is 18.0 Å². The molecule has 1 saturated carbocycles. The number of carbonyl (C=O) groups excluding carboxylic acids is 1. The maximum atomic E-state index is 12.8. The van der Waals surface area contributed by atoms with Gasteiger partial charge in [0.1, 0.15) is 6.54 Å². The lowest BCUT2D eigenvalue weighted by molar-refractivity contribution is -0.172. The molecule has 0 aromatic rings. The quantitative estimate of drug-likeness (QED) is 0.818. The second-order valence-electron chi connectivity index (χ2n) is 5.71. The average molecular weight is 294 g/mol. The lowest BCUT2D eigenvalue weighted by Gasteiger charge is -2.38. The number of nitrogens with two attached hydrogens (primary N) is 1. The fourth-order valence-corrected chi connectivity index (χ4v) is 3.15. The number of hydrogen-bond acceptors (Lipinski definition) is 2. The SMILES string of the molecule is CCC(CC)N(CC(F)(F)F)C(=O)C1(CN)CCCC1. The van der Waals surface area contributed by atoms with Crippen molar-refractivity contribution in [1.29, 1.82) is 0 Å². The van der Waals surface area contributed by atoms with Gasteiger partial charge in [0, 0.05) is 12.6 Å². The Kier molecular flexibility index (Phi) is 5.86. The molecule has 0 heterocycles. The van der Waals surface area contributed by atoms with Gasteiger partial charge in [0.25, 0.3) is 0 Å². The van der Waals surface area contributed by atoms with Crippen LogP contribution in [0.5, 0.6) is 0 Å². The summed E-state index contributed by atoms with van der Waals surface area (Å²) < 4.78 is 38.4. The van der Waals surface area contributed by atoms with Crippen LogP contribution in [0.2, 0.25) is 0 Å². The Bertz CT molecular complexity index is 321. The standard InChI is InChI=1S/C14H25F3N2O/c1-3-11(4-2)19(10-14(15,16)17)12(20)13(9-18)7-5-6-8-13/h11H,3-10,18H2,1-2H3. The molecule has 1 aliphatic carbocycles. The fraction of sp³-hybridized carbons (Fsp3) is 0.929. The van der Waals surface area contributed by atoms with Crippen LogP contribution in [0.15, 0.2) is 0 Å². The van der Waals surface area contributed by atoms with Crippen LogP contribution < -0.4 is 5.73 Å². The van der Waals surface area contributed by atoms with Crippen molar-refractivity contribution in [1.82, 2.24) is 4.90 Å². The summed E-state index contributed by atoms with van der Waals surface area (Å²) in [6.07, 6.45) is -0.365. The van der Waals surface area contributed by atoms with E-state index < -0.39 is 24.0 Å². The molecule has 0 atom stereocenters. The summed E-state index contributed by atoms with van der Waals surface area (Å²) in [7, 11) is 0. The van der Waals surface area contributed by atoms with E-state index >= 15 is 0 Å². The van der Waals surface area contributed by atoms with Crippen LogP contribution in [-0.2, 0) is 4.79 Å². The van der Waals surface area contributed by atoms with Gasteiger partial charge in [-0.15, -0.1) is 0 Å². The van der Waals surface area contributed by atoms with E-state index in [1.54, 1.807) is 0 Å². The largest absolute Gasteiger partial charge is 0.406 e. The third-order valence-corrected chi connectivity index (χ3v) is 4.40. The average Bonchev–Trinajstić information content (AvgIpc) is 2.86. The number of amides is 1. The van der Waals surface area contributed by atoms with Crippen LogP contribution in [0.25, 0.3) is 0 Å². The van der Waals surface area contributed by atoms with E-state index in [1.807, 2.05) is 13.8 Å². The lowest BCUT2D eigenvalue weighted by Crippen LogP contribution is -2.53. The van der Waals surface area contributed by atoms with Crippen LogP contribution in [-0.4, -0.2) is 36.1 Å². The van der Waals surface area contributed by atoms with E-state index in [0.29, 0.717) is 25.7 Å². The normalized spacial score (nSPS) is 18.6. The monoisotopic (exact) mass is 294 g/mol. The highest BCUT2D eigenvalue weighted by molar-refractivity contribution is 5.83. The molecule has 6 heteroatoms. The second-order valence-corrected chi connectivity index (χ2v) is 5.71. The molecule has 1 rings (SSSR count). The van der Waals surface area contributed by atoms with Crippen molar-refractivity contribution >= 4 is 5.91 Å². The Morgan fingerprint density at radius 2 is 1.75 bits per heavy atom. The van der Waals surface area contributed by atoms with Gasteiger partial charge in [0.2, 0.25) is 5.91 Å². The summed E-state index contributed by atoms with van der Waals surface area (Å²) in [5, 5.41) is 0. The molecule has 0 spiro atoms. The molecular weight excluding hydrogens is 269 g/mol. The number of rotatable bonds is 6. The first kappa shape index (κ1) is 17.3. The minimum atomic E-state index is -4.37. The van der Waals surface area contributed by atoms with E-state index in [4.69, 9.17) is 5.73 Å². The van der Waals surface area contributed by atoms with Crippen LogP contribution in [0.4, 0.5) is 13.2 Å². The van der Waals surface area contributed by atoms with Crippen molar-refractivity contribution in [3.05, 3.63) is 0 Å². The highest BCUT2D eigenvalue weighted by Crippen LogP contribution is 2.40. The molecule has 1 fully saturated rings. The predicted molar refractivity (Wildman–Crippen MR) is 72.1 cm³/mol. The van der Waals surface area contributed by atoms with Gasteiger partial charge >= 0.3 is 6.18 Å². The first-order valence-corrected chi connectivity index (χ1v) is 7.37. The van der Waals surface area contributed by atoms with Gasteiger partial charge in [-0.2, -0.15) is 13.2 Å². The minimum absolute atomic E-state index is 0.139. The van der Waals surface area contributed by atoms with E-state index in [0.717, 1.165) is 17.7 Å². The maximum Gasteiger partial charge on any atom is 0.406 e. The smallest absolute Gasteiger partial charge is 0.330 e. The Hall–Kier alpha value is -0.780. The van der Waals surface area contributed by atoms with Gasteiger partial charge in [-0.3, -0.25) is 4.79 Å². The van der Waals surface area contributed by atoms with Crippen molar-refractivity contribution in [2.75, 3.05) is 13.1 Å². The zero-order valence-corrected chi connectivity index (χ0v) is 12.3. The molecule has 0 radical (unpaired) electrons. The molecule has 0 aliphatic heterocycles. The van der Waals surface area contributed by atoms with Crippen LogP contribution in [0.3, 0.4) is 0 Å². The zero-order valence-electron chi connectivity index (χ0n) is 12.3. The predicted octanol–water partition coefficient (Wildman–Crippen LogP) is 3.09. The Morgan fingerprint density at radius 3 is 2.10 bits per heavy atom. The molecule has 1 aliphatic rings. The molecule has 0 aromatic heterocycles. The van der Waals surface area contributed by atoms with E-state index in [-0.39, 0.29) is 12.6 Å². The molecule has 0 unspecified atom stereocenters. The summed E-state index contributed by atoms with van der Waals surface area (Å²) in [5.74, 6) is -0.400. The highest BCUT2D eigenvalue weighted by Gasteiger charge is 2.46. The number of hydrogen-bond donors (Lipinski definition) is 1. The highest BCUT2D eigenvalue weighted by atomic mass is 19.4. The van der Waals surface area contributed by atoms with Crippen LogP contribution >= 0.6 is 0 Å². The molecular formula is C14H25F3N2O. The third kappa shape index (κ3) is 3.87. The van der Waals surface area contributed by atoms with E-state index in [2.05, 4.69) is 0 Å². The maximum absolute atomic E-state index is 12.8. The van der Waals surface area contributed by atoms with Gasteiger partial charge in [-0.05, 0) is 25.7 Å². The summed E-state index contributed by atoms with van der Waals surface area (Å²) in [5.41, 5.74) is 4.96. The molecule has 0 bridgehead atoms. The lowest BCUT2D eigenvalue weighted by atomic mass is 9.84. The van der Waals surface area contributed by atoms with Gasteiger partial charge in [-0.1, -0.05) is 26.7 Å². The summed E-state index contributed by atoms with van der Waals surface area (Å²) in [4.78, 5) is 13.7. The zero-order chi connectivity index (χ0) is 15.4. The van der Waals surface area contributed by atoms with E-state index in [1.165, 1.54) is 0 Å². The Balaban J connectivity index is 2.99. The number of carbonyl (C=O) groups is 1. The summed E-state index contributed by atoms with van der Waals surface area (Å²) in [6, 6.07) is -0.367. The number of nitrogens with zero attached hydrogens (tertiary/aromatic N) is 1. The van der Waals surface area contributed by atoms with Gasteiger partial charge in [-0.25, -0.2) is 0 Å². The summed E-state index contributed by atoms with van der Waals surface area (Å²) in [6.45, 7) is 2.60. The van der Waals surface area contributed by atoms with Gasteiger partial charge in [0.15, 0.2) is 0 Å². The minimum Gasteiger partial charge on any atom is -0.330 e. The topological polar surface area (TPSA) is 46.3 Å². The number of alkyl halides is 3. The van der Waals surface area contributed by atoms with Crippen LogP contribution in [0.1, 0.15) is 52.4 Å². The van der Waals surface area contributed by atoms with Crippen molar-refractivity contribution in [3.8, 4) is 0 Å². The molecule has 118 valence electrons. The molecule has 0 saturated heterocycles. The fourth-order valence-electron chi connectivity index (χ4n) is 3.15. The molecule has 1 amide bonds. The number of halogens is 3. The Morgan fingerprint density at radius 1 is 1.25 bits per heavy atom. The van der Waals surface area contributed by atoms with Gasteiger partial charge in [0.05, 0.1) is 5.41 Å². The summed E-state index contributed by atoms with van der Waals surface area (Å²) >= 11 is 0. The second kappa shape index (κ2) is 6.78. The van der Waals surface area contributed by atoms with Crippen molar-refractivity contribution in [3.63, 3.8) is 0 Å². The van der Waals surface area contributed by atoms with E-state index in [9.17, 15) is 18.0 Å². The third-order valence-electron chi connectivity index (χ3n) is 4.40. The molecule has 3 nitrogen and oxygen atoms in total. The van der Waals surface area contributed by atoms with Gasteiger partial charge < -0.3 is 10.6 Å². The van der Waals surface area contributed by atoms with Crippen molar-refractivity contribution in [2.45, 2.75) is 64.6 Å². The van der Waals surface area contributed by atoms with Crippen molar-refractivity contribution in [2.24, 2.45) is 11.1 Å². The first-order chi connectivity index (χ1) is 9.29.